The van der Waals surface area contributed by atoms with Gasteiger partial charge < -0.3 is 32.3 Å². The number of aromatic amines is 2. The summed E-state index contributed by atoms with van der Waals surface area (Å²) in [5, 5.41) is 29.2. The van der Waals surface area contributed by atoms with Gasteiger partial charge in [0.25, 0.3) is 0 Å². The van der Waals surface area contributed by atoms with Crippen molar-refractivity contribution in [2.75, 3.05) is 52.7 Å². The number of carbonyl (C=O) groups is 2. The maximum Gasteiger partial charge on any atom is 0.316 e. The highest BCUT2D eigenvalue weighted by molar-refractivity contribution is 6.62. The van der Waals surface area contributed by atoms with Crippen LogP contribution < -0.4 is 22.5 Å². The first-order valence-corrected chi connectivity index (χ1v) is 17.5. The molecule has 0 bridgehead atoms. The van der Waals surface area contributed by atoms with Crippen molar-refractivity contribution in [3.8, 4) is 22.5 Å². The van der Waals surface area contributed by atoms with Gasteiger partial charge >= 0.3 is 11.4 Å². The zero-order valence-corrected chi connectivity index (χ0v) is 31.4. The minimum atomic E-state index is -0.435. The van der Waals surface area contributed by atoms with Crippen LogP contribution in [0.4, 0.5) is 21.2 Å². The van der Waals surface area contributed by atoms with E-state index in [0.29, 0.717) is 43.3 Å². The Balaban J connectivity index is 0.000000166. The predicted octanol–water partition coefficient (Wildman–Crippen LogP) is 4.25. The molecule has 0 saturated heterocycles. The number of nitrogens with zero attached hydrogens (tertiary/aromatic N) is 10. The molecular weight excluding hydrogens is 724 g/mol. The molecule has 18 nitrogen and oxygen atoms in total. The van der Waals surface area contributed by atoms with E-state index in [1.54, 1.807) is 45.3 Å². The third kappa shape index (κ3) is 8.55. The molecule has 8 rings (SSSR count). The van der Waals surface area contributed by atoms with E-state index in [-0.39, 0.29) is 6.03 Å². The molecule has 9 N–H and O–H groups in total. The van der Waals surface area contributed by atoms with E-state index >= 15 is 0 Å². The maximum absolute atomic E-state index is 11.6. The molecule has 0 radical (unpaired) electrons. The number of pyridine rings is 2. The molecule has 19 heteroatoms. The van der Waals surface area contributed by atoms with Crippen molar-refractivity contribution < 1.29 is 9.59 Å². The largest absolute Gasteiger partial charge is 0.382 e. The van der Waals surface area contributed by atoms with Crippen molar-refractivity contribution in [2.24, 2.45) is 5.73 Å². The van der Waals surface area contributed by atoms with Crippen LogP contribution in [-0.2, 0) is 13.1 Å². The molecule has 3 amide bonds. The van der Waals surface area contributed by atoms with E-state index in [2.05, 4.69) is 45.9 Å². The second-order valence-electron chi connectivity index (χ2n) is 12.8. The minimum Gasteiger partial charge on any atom is -0.382 e. The summed E-state index contributed by atoms with van der Waals surface area (Å²) in [5.41, 5.74) is 24.7. The second kappa shape index (κ2) is 16.5. The number of nitrogens with two attached hydrogens (primary N) is 3. The lowest BCUT2D eigenvalue weighted by molar-refractivity contribution is 0.217. The van der Waals surface area contributed by atoms with Gasteiger partial charge in [0.15, 0.2) is 11.6 Å². The fraction of sp³-hybridized carbons (Fsp3) is 0.222. The smallest absolute Gasteiger partial charge is 0.316 e. The molecule has 55 heavy (non-hydrogen) atoms. The molecule has 0 aliphatic carbocycles. The lowest BCUT2D eigenvalue weighted by Gasteiger charge is -2.11. The third-order valence-corrected chi connectivity index (χ3v) is 8.76. The highest BCUT2D eigenvalue weighted by atomic mass is 35.5. The molecule has 284 valence electrons. The Morgan fingerprint density at radius 3 is 1.60 bits per heavy atom. The number of hydrogen-bond acceptors (Lipinski definition) is 11. The topological polar surface area (TPSA) is 249 Å². The van der Waals surface area contributed by atoms with Crippen LogP contribution in [0.1, 0.15) is 0 Å². The van der Waals surface area contributed by atoms with Crippen LogP contribution in [0, 0.1) is 0 Å². The van der Waals surface area contributed by atoms with Gasteiger partial charge in [0, 0.05) is 98.7 Å². The Labute approximate surface area is 319 Å². The molecule has 0 fully saturated rings. The Morgan fingerprint density at radius 1 is 0.727 bits per heavy atom. The van der Waals surface area contributed by atoms with Crippen molar-refractivity contribution >= 4 is 78.2 Å². The third-order valence-electron chi connectivity index (χ3n) is 8.42. The minimum absolute atomic E-state index is 0.135. The number of fused-ring (bicyclic) bond motifs is 6. The van der Waals surface area contributed by atoms with E-state index in [9.17, 15) is 9.59 Å². The summed E-state index contributed by atoms with van der Waals surface area (Å²) in [6.45, 7) is 2.20. The average molecular weight is 765 g/mol. The summed E-state index contributed by atoms with van der Waals surface area (Å²) in [7, 11) is 6.59. The number of urea groups is 1. The summed E-state index contributed by atoms with van der Waals surface area (Å²) >= 11 is 4.90. The van der Waals surface area contributed by atoms with Crippen molar-refractivity contribution in [1.29, 1.82) is 0 Å². The van der Waals surface area contributed by atoms with E-state index in [0.717, 1.165) is 60.6 Å². The summed E-state index contributed by atoms with van der Waals surface area (Å²) in [5.74, 6) is 0.815. The Morgan fingerprint density at radius 2 is 1.20 bits per heavy atom. The van der Waals surface area contributed by atoms with Gasteiger partial charge in [-0.05, 0) is 35.9 Å². The number of anilines is 2. The van der Waals surface area contributed by atoms with Gasteiger partial charge in [-0.1, -0.05) is 24.3 Å². The van der Waals surface area contributed by atoms with Crippen LogP contribution in [0.25, 0.3) is 66.1 Å². The van der Waals surface area contributed by atoms with Crippen LogP contribution in [0.3, 0.4) is 0 Å². The highest BCUT2D eigenvalue weighted by Crippen LogP contribution is 2.31. The molecule has 6 aromatic heterocycles. The van der Waals surface area contributed by atoms with Gasteiger partial charge in [-0.15, -0.1) is 0 Å². The number of rotatable bonds is 7. The second-order valence-corrected chi connectivity index (χ2v) is 13.1. The Kier molecular flexibility index (Phi) is 11.4. The molecule has 0 saturated carbocycles. The van der Waals surface area contributed by atoms with E-state index in [4.69, 9.17) is 28.8 Å². The SMILES string of the molecule is CN(C)C(=O)Cl.CN(C)C(=O)NCCn1cc2c(n1)c(N)nc1cc(-c3ccn[nH]3)ccc12.NCCn1cc2c(n1)c(N)nc1cc(-c3ccn[nH]3)ccc12. The molecular formula is C36H41ClN16O2. The number of H-pyrrole nitrogens is 2. The van der Waals surface area contributed by atoms with E-state index in [1.165, 1.54) is 9.80 Å². The van der Waals surface area contributed by atoms with E-state index < -0.39 is 5.37 Å². The summed E-state index contributed by atoms with van der Waals surface area (Å²) < 4.78 is 3.59. The molecule has 0 aliphatic rings. The molecule has 0 atom stereocenters. The van der Waals surface area contributed by atoms with Crippen molar-refractivity contribution in [2.45, 2.75) is 13.1 Å². The first kappa shape index (κ1) is 38.0. The number of amides is 3. The molecule has 0 spiro atoms. The number of nitrogens with one attached hydrogen (secondary N) is 3. The first-order valence-electron chi connectivity index (χ1n) is 17.1. The van der Waals surface area contributed by atoms with Gasteiger partial charge in [0.2, 0.25) is 0 Å². The fourth-order valence-corrected chi connectivity index (χ4v) is 5.65. The number of nitrogen functional groups attached to an aromatic ring is 2. The van der Waals surface area contributed by atoms with E-state index in [1.807, 2.05) is 65.6 Å². The zero-order valence-electron chi connectivity index (χ0n) is 30.7. The molecule has 0 aliphatic heterocycles. The normalized spacial score (nSPS) is 10.9. The summed E-state index contributed by atoms with van der Waals surface area (Å²) in [6, 6.07) is 15.8. The zero-order chi connectivity index (χ0) is 39.2. The number of halogens is 1. The average Bonchev–Trinajstić information content (AvgIpc) is 4.00. The number of carbonyl (C=O) groups excluding carboxylic acids is 2. The van der Waals surface area contributed by atoms with Crippen LogP contribution in [-0.4, -0.2) is 112 Å². The van der Waals surface area contributed by atoms with Crippen molar-refractivity contribution in [3.05, 3.63) is 73.3 Å². The lowest BCUT2D eigenvalue weighted by Crippen LogP contribution is -2.36. The van der Waals surface area contributed by atoms with Gasteiger partial charge in [-0.3, -0.25) is 24.4 Å². The molecule has 2 aromatic carbocycles. The molecule has 6 heterocycles. The van der Waals surface area contributed by atoms with Gasteiger partial charge in [-0.25, -0.2) is 14.8 Å². The Hall–Kier alpha value is -6.79. The first-order chi connectivity index (χ1) is 26.4. The highest BCUT2D eigenvalue weighted by Gasteiger charge is 2.14. The summed E-state index contributed by atoms with van der Waals surface area (Å²) in [4.78, 5) is 33.2. The van der Waals surface area contributed by atoms with Gasteiger partial charge in [-0.2, -0.15) is 20.4 Å². The van der Waals surface area contributed by atoms with Gasteiger partial charge in [0.1, 0.15) is 11.0 Å². The van der Waals surface area contributed by atoms with Crippen molar-refractivity contribution in [3.63, 3.8) is 0 Å². The standard InChI is InChI=1S/C18H20N8O.C15H15N7.C3H6ClNO/c1-25(2)18(27)20-7-8-26-10-13-12-4-3-11(14-5-6-21-23-14)9-15(12)22-17(19)16(13)24-26;16-4-6-22-8-11-10-2-1-9(12-3-5-18-20-12)7-13(10)19-15(17)14(11)21-22;1-5(2)3(4)6/h3-6,9-10H,7-8H2,1-2H3,(H2,19,22)(H,20,27)(H,21,23);1-3,5,7-8H,4,6,16H2,(H2,17,19)(H,18,20);1-2H3. The maximum atomic E-state index is 11.6. The lowest BCUT2D eigenvalue weighted by atomic mass is 10.1. The van der Waals surface area contributed by atoms with Crippen LogP contribution >= 0.6 is 11.6 Å². The monoisotopic (exact) mass is 764 g/mol. The fourth-order valence-electron chi connectivity index (χ4n) is 5.65. The number of hydrogen-bond donors (Lipinski definition) is 6. The quantitative estimate of drug-likeness (QED) is 0.0989. The molecule has 0 unspecified atom stereocenters. The van der Waals surface area contributed by atoms with Crippen LogP contribution in [0.2, 0.25) is 0 Å². The number of benzene rings is 2. The van der Waals surface area contributed by atoms with Crippen LogP contribution in [0.15, 0.2) is 73.3 Å². The number of aromatic nitrogens is 10. The Bertz CT molecular complexity index is 2580. The van der Waals surface area contributed by atoms with Gasteiger partial charge in [0.05, 0.1) is 35.5 Å². The molecule has 8 aromatic rings. The van der Waals surface area contributed by atoms with Crippen molar-refractivity contribution in [1.82, 2.24) is 65.0 Å². The van der Waals surface area contributed by atoms with Crippen LogP contribution in [0.5, 0.6) is 0 Å². The summed E-state index contributed by atoms with van der Waals surface area (Å²) in [6.07, 6.45) is 7.34. The predicted molar refractivity (Wildman–Crippen MR) is 215 cm³/mol.